The molecule has 0 unspecified atom stereocenters. The predicted octanol–water partition coefficient (Wildman–Crippen LogP) is 4.70. The van der Waals surface area contributed by atoms with E-state index in [2.05, 4.69) is 9.97 Å². The minimum atomic E-state index is -0.121. The Hall–Kier alpha value is -2.77. The van der Waals surface area contributed by atoms with Crippen molar-refractivity contribution in [1.29, 1.82) is 0 Å². The highest BCUT2D eigenvalue weighted by Gasteiger charge is 2.21. The first-order chi connectivity index (χ1) is 12.8. The minimum absolute atomic E-state index is 0.121. The molecule has 0 spiro atoms. The van der Waals surface area contributed by atoms with Crippen LogP contribution >= 0.6 is 22.7 Å². The van der Waals surface area contributed by atoms with Crippen LogP contribution in [0.4, 0.5) is 0 Å². The molecule has 130 valence electrons. The number of pyridine rings is 1. The Morgan fingerprint density at radius 1 is 1.12 bits per heavy atom. The van der Waals surface area contributed by atoms with E-state index in [0.717, 1.165) is 21.2 Å². The maximum atomic E-state index is 13.1. The third-order valence-corrected chi connectivity index (χ3v) is 5.65. The molecular formula is C19H15N3O2S2. The highest BCUT2D eigenvalue weighted by atomic mass is 32.1. The van der Waals surface area contributed by atoms with Crippen molar-refractivity contribution in [3.63, 3.8) is 0 Å². The first-order valence-corrected chi connectivity index (χ1v) is 9.75. The maximum absolute atomic E-state index is 13.1. The van der Waals surface area contributed by atoms with E-state index in [1.807, 2.05) is 47.2 Å². The van der Waals surface area contributed by atoms with Crippen molar-refractivity contribution in [2.45, 2.75) is 13.1 Å². The summed E-state index contributed by atoms with van der Waals surface area (Å²) in [6.45, 7) is 0.825. The van der Waals surface area contributed by atoms with Crippen LogP contribution in [0.1, 0.15) is 21.8 Å². The molecule has 5 nitrogen and oxygen atoms in total. The van der Waals surface area contributed by atoms with Crippen molar-refractivity contribution >= 4 is 28.6 Å². The van der Waals surface area contributed by atoms with Gasteiger partial charge in [0.15, 0.2) is 0 Å². The number of hydrogen-bond acceptors (Lipinski definition) is 6. The third kappa shape index (κ3) is 3.74. The van der Waals surface area contributed by atoms with Crippen molar-refractivity contribution in [3.05, 3.63) is 82.8 Å². The van der Waals surface area contributed by atoms with Gasteiger partial charge in [0.05, 0.1) is 17.7 Å². The molecule has 0 saturated carbocycles. The minimum Gasteiger partial charge on any atom is -0.467 e. The number of thiazole rings is 1. The molecule has 0 bridgehead atoms. The van der Waals surface area contributed by atoms with Gasteiger partial charge in [-0.05, 0) is 35.2 Å². The molecule has 0 aliphatic heterocycles. The maximum Gasteiger partial charge on any atom is 0.274 e. The monoisotopic (exact) mass is 381 g/mol. The summed E-state index contributed by atoms with van der Waals surface area (Å²) in [4.78, 5) is 24.5. The fourth-order valence-electron chi connectivity index (χ4n) is 2.55. The van der Waals surface area contributed by atoms with Crippen molar-refractivity contribution in [1.82, 2.24) is 14.9 Å². The van der Waals surface area contributed by atoms with Gasteiger partial charge in [0.25, 0.3) is 5.91 Å². The number of nitrogens with zero attached hydrogens (tertiary/aromatic N) is 3. The second-order valence-electron chi connectivity index (χ2n) is 5.62. The molecular weight excluding hydrogens is 366 g/mol. The van der Waals surface area contributed by atoms with Gasteiger partial charge >= 0.3 is 0 Å². The number of aromatic nitrogens is 2. The Bertz CT molecular complexity index is 964. The number of rotatable bonds is 6. The van der Waals surface area contributed by atoms with Gasteiger partial charge in [0.1, 0.15) is 16.5 Å². The summed E-state index contributed by atoms with van der Waals surface area (Å²) in [5.74, 6) is 0.611. The first-order valence-electron chi connectivity index (χ1n) is 7.99. The van der Waals surface area contributed by atoms with Gasteiger partial charge in [-0.15, -0.1) is 22.7 Å². The number of carbonyl (C=O) groups excluding carboxylic acids is 1. The number of thiophene rings is 1. The summed E-state index contributed by atoms with van der Waals surface area (Å²) in [6.07, 6.45) is 5.09. The fourth-order valence-corrected chi connectivity index (χ4v) is 4.16. The molecule has 0 aliphatic rings. The van der Waals surface area contributed by atoms with Gasteiger partial charge in [0.2, 0.25) is 0 Å². The van der Waals surface area contributed by atoms with Crippen LogP contribution in [0.2, 0.25) is 0 Å². The van der Waals surface area contributed by atoms with Crippen molar-refractivity contribution in [2.24, 2.45) is 0 Å². The Morgan fingerprint density at radius 2 is 2.08 bits per heavy atom. The van der Waals surface area contributed by atoms with Crippen LogP contribution in [0.5, 0.6) is 0 Å². The molecule has 4 rings (SSSR count). The van der Waals surface area contributed by atoms with Gasteiger partial charge in [-0.1, -0.05) is 12.1 Å². The first kappa shape index (κ1) is 16.7. The highest BCUT2D eigenvalue weighted by Crippen LogP contribution is 2.28. The number of hydrogen-bond donors (Lipinski definition) is 0. The van der Waals surface area contributed by atoms with Crippen LogP contribution in [-0.2, 0) is 13.1 Å². The lowest BCUT2D eigenvalue weighted by atomic mass is 10.2. The van der Waals surface area contributed by atoms with Crippen LogP contribution in [0.15, 0.2) is 70.2 Å². The zero-order valence-electron chi connectivity index (χ0n) is 13.7. The van der Waals surface area contributed by atoms with Crippen LogP contribution in [0.3, 0.4) is 0 Å². The largest absolute Gasteiger partial charge is 0.467 e. The molecule has 0 saturated heterocycles. The highest BCUT2D eigenvalue weighted by molar-refractivity contribution is 7.20. The molecule has 4 aromatic heterocycles. The molecule has 1 amide bonds. The Kier molecular flexibility index (Phi) is 4.90. The zero-order valence-corrected chi connectivity index (χ0v) is 15.4. The molecule has 0 atom stereocenters. The average Bonchev–Trinajstić information content (AvgIpc) is 3.42. The topological polar surface area (TPSA) is 59.2 Å². The van der Waals surface area contributed by atoms with E-state index in [1.54, 1.807) is 34.9 Å². The normalized spacial score (nSPS) is 10.8. The summed E-state index contributed by atoms with van der Waals surface area (Å²) in [7, 11) is 0. The molecule has 0 fully saturated rings. The molecule has 0 aromatic carbocycles. The van der Waals surface area contributed by atoms with Crippen LogP contribution < -0.4 is 0 Å². The molecule has 26 heavy (non-hydrogen) atoms. The summed E-state index contributed by atoms with van der Waals surface area (Å²) in [5.41, 5.74) is 1.41. The van der Waals surface area contributed by atoms with E-state index in [9.17, 15) is 4.79 Å². The van der Waals surface area contributed by atoms with Crippen molar-refractivity contribution < 1.29 is 9.21 Å². The molecule has 0 radical (unpaired) electrons. The molecule has 0 N–H and O–H groups in total. The average molecular weight is 381 g/mol. The summed E-state index contributed by atoms with van der Waals surface area (Å²) < 4.78 is 5.43. The number of carbonyl (C=O) groups is 1. The lowest BCUT2D eigenvalue weighted by Crippen LogP contribution is -2.30. The fraction of sp³-hybridized carbons (Fsp3) is 0.105. The van der Waals surface area contributed by atoms with Crippen molar-refractivity contribution in [3.8, 4) is 9.88 Å². The Morgan fingerprint density at radius 3 is 2.81 bits per heavy atom. The molecule has 7 heteroatoms. The summed E-state index contributed by atoms with van der Waals surface area (Å²) in [5, 5.41) is 4.68. The van der Waals surface area contributed by atoms with Gasteiger partial charge in [0, 0.05) is 24.3 Å². The molecule has 4 heterocycles. The van der Waals surface area contributed by atoms with Gasteiger partial charge in [-0.25, -0.2) is 4.98 Å². The van der Waals surface area contributed by atoms with E-state index in [-0.39, 0.29) is 5.91 Å². The standard InChI is InChI=1S/C19H15N3O2S2/c23-19(16-13-26-18(21-16)17-6-3-9-25-17)22(12-15-5-2-8-24-15)11-14-4-1-7-20-10-14/h1-10,13H,11-12H2. The molecule has 0 aliphatic carbocycles. The molecule has 4 aromatic rings. The SMILES string of the molecule is O=C(c1csc(-c2cccs2)n1)N(Cc1cccnc1)Cc1ccco1. The van der Waals surface area contributed by atoms with Gasteiger partial charge < -0.3 is 9.32 Å². The number of amides is 1. The lowest BCUT2D eigenvalue weighted by Gasteiger charge is -2.20. The van der Waals surface area contributed by atoms with Crippen LogP contribution in [-0.4, -0.2) is 20.8 Å². The van der Waals surface area contributed by atoms with E-state index < -0.39 is 0 Å². The summed E-state index contributed by atoms with van der Waals surface area (Å²) in [6, 6.07) is 11.5. The van der Waals surface area contributed by atoms with Crippen molar-refractivity contribution in [2.75, 3.05) is 0 Å². The van der Waals surface area contributed by atoms with E-state index in [1.165, 1.54) is 11.3 Å². The van der Waals surface area contributed by atoms with E-state index >= 15 is 0 Å². The van der Waals surface area contributed by atoms with E-state index in [0.29, 0.717) is 18.8 Å². The van der Waals surface area contributed by atoms with Gasteiger partial charge in [-0.2, -0.15) is 0 Å². The quantitative estimate of drug-likeness (QED) is 0.486. The zero-order chi connectivity index (χ0) is 17.8. The summed E-state index contributed by atoms with van der Waals surface area (Å²) >= 11 is 3.10. The van der Waals surface area contributed by atoms with Crippen LogP contribution in [0, 0.1) is 0 Å². The lowest BCUT2D eigenvalue weighted by molar-refractivity contribution is 0.0712. The smallest absolute Gasteiger partial charge is 0.274 e. The Labute approximate surface area is 158 Å². The Balaban J connectivity index is 1.59. The second-order valence-corrected chi connectivity index (χ2v) is 7.42. The predicted molar refractivity (Wildman–Crippen MR) is 102 cm³/mol. The second kappa shape index (κ2) is 7.63. The van der Waals surface area contributed by atoms with Crippen LogP contribution in [0.25, 0.3) is 9.88 Å². The third-order valence-electron chi connectivity index (χ3n) is 3.77. The number of furan rings is 1. The van der Waals surface area contributed by atoms with E-state index in [4.69, 9.17) is 4.42 Å². The van der Waals surface area contributed by atoms with Gasteiger partial charge in [-0.3, -0.25) is 9.78 Å².